The SMILES string of the molecule is Cc1ccccc1-c1ccc2c(c1)c1ccccc1n2-c1cc(-c2c(C#N)cccc2C(F)(F)F)cc(-n2c3ccccc3c3cc(-c4ccccc4C)ccc32)c1C#N. The first-order valence-electron chi connectivity index (χ1n) is 19.5. The summed E-state index contributed by atoms with van der Waals surface area (Å²) in [4.78, 5) is 0. The number of hydrogen-bond donors (Lipinski definition) is 0. The number of benzene rings is 8. The minimum atomic E-state index is -4.77. The lowest BCUT2D eigenvalue weighted by atomic mass is 9.92. The minimum Gasteiger partial charge on any atom is -0.308 e. The van der Waals surface area contributed by atoms with Gasteiger partial charge in [0.15, 0.2) is 0 Å². The Bertz CT molecular complexity index is 3300. The zero-order chi connectivity index (χ0) is 41.3. The second-order valence-corrected chi connectivity index (χ2v) is 15.1. The number of halogens is 3. The molecule has 0 aliphatic carbocycles. The van der Waals surface area contributed by atoms with Gasteiger partial charge in [0.2, 0.25) is 0 Å². The van der Waals surface area contributed by atoms with Crippen molar-refractivity contribution in [2.75, 3.05) is 0 Å². The Labute approximate surface area is 343 Å². The summed E-state index contributed by atoms with van der Waals surface area (Å²) in [7, 11) is 0. The van der Waals surface area contributed by atoms with Crippen LogP contribution in [0.2, 0.25) is 0 Å². The number of aromatic nitrogens is 2. The molecule has 4 nitrogen and oxygen atoms in total. The van der Waals surface area contributed by atoms with Gasteiger partial charge in [-0.1, -0.05) is 103 Å². The van der Waals surface area contributed by atoms with Gasteiger partial charge in [0.05, 0.1) is 50.6 Å². The van der Waals surface area contributed by atoms with Gasteiger partial charge in [0, 0.05) is 27.1 Å². The molecule has 2 heterocycles. The van der Waals surface area contributed by atoms with Crippen LogP contribution >= 0.6 is 0 Å². The maximum atomic E-state index is 15.0. The predicted octanol–water partition coefficient (Wildman–Crippen LogP) is 14.3. The van der Waals surface area contributed by atoms with Gasteiger partial charge >= 0.3 is 6.18 Å². The first kappa shape index (κ1) is 36.5. The van der Waals surface area contributed by atoms with E-state index in [9.17, 15) is 10.5 Å². The zero-order valence-electron chi connectivity index (χ0n) is 32.5. The fraction of sp³-hybridized carbons (Fsp3) is 0.0566. The third-order valence-corrected chi connectivity index (χ3v) is 11.7. The van der Waals surface area contributed by atoms with Gasteiger partial charge < -0.3 is 9.13 Å². The lowest BCUT2D eigenvalue weighted by Gasteiger charge is -2.20. The van der Waals surface area contributed by atoms with E-state index in [1.807, 2.05) is 112 Å². The molecule has 0 fully saturated rings. The molecule has 10 aromatic rings. The van der Waals surface area contributed by atoms with Crippen molar-refractivity contribution >= 4 is 43.6 Å². The fourth-order valence-corrected chi connectivity index (χ4v) is 9.01. The van der Waals surface area contributed by atoms with E-state index in [1.54, 1.807) is 12.1 Å². The molecule has 0 aliphatic heterocycles. The highest BCUT2D eigenvalue weighted by molar-refractivity contribution is 6.12. The zero-order valence-corrected chi connectivity index (χ0v) is 32.5. The van der Waals surface area contributed by atoms with Crippen LogP contribution in [0.5, 0.6) is 0 Å². The van der Waals surface area contributed by atoms with Gasteiger partial charge in [-0.2, -0.15) is 23.7 Å². The standard InChI is InChI=1S/C53H33F3N4/c1-32-12-3-5-15-38(32)34-22-24-48-42(26-34)40-17-7-9-20-46(40)59(48)50-28-37(52-36(30-57)14-11-19-45(52)53(54,55)56)29-51(44(50)31-58)60-47-21-10-8-18-41(47)43-27-35(23-25-49(43)60)39-16-6-4-13-33(39)2/h3-29H,1-2H3. The second kappa shape index (κ2) is 13.9. The number of alkyl halides is 3. The van der Waals surface area contributed by atoms with E-state index in [-0.39, 0.29) is 22.3 Å². The lowest BCUT2D eigenvalue weighted by molar-refractivity contribution is -0.137. The van der Waals surface area contributed by atoms with E-state index < -0.39 is 11.7 Å². The topological polar surface area (TPSA) is 57.4 Å². The van der Waals surface area contributed by atoms with Crippen molar-refractivity contribution in [3.63, 3.8) is 0 Å². The molecule has 0 atom stereocenters. The summed E-state index contributed by atoms with van der Waals surface area (Å²) >= 11 is 0. The summed E-state index contributed by atoms with van der Waals surface area (Å²) in [5.41, 5.74) is 9.49. The van der Waals surface area contributed by atoms with E-state index in [1.165, 1.54) is 12.1 Å². The van der Waals surface area contributed by atoms with Crippen LogP contribution in [0, 0.1) is 36.5 Å². The van der Waals surface area contributed by atoms with Crippen LogP contribution in [-0.2, 0) is 6.18 Å². The summed E-state index contributed by atoms with van der Waals surface area (Å²) in [6, 6.07) is 56.0. The predicted molar refractivity (Wildman–Crippen MR) is 235 cm³/mol. The molecule has 0 radical (unpaired) electrons. The normalized spacial score (nSPS) is 11.7. The Morgan fingerprint density at radius 3 is 1.38 bits per heavy atom. The summed E-state index contributed by atoms with van der Waals surface area (Å²) in [6.45, 7) is 4.14. The van der Waals surface area contributed by atoms with Crippen molar-refractivity contribution in [3.05, 3.63) is 192 Å². The van der Waals surface area contributed by atoms with Gasteiger partial charge in [-0.25, -0.2) is 0 Å². The third kappa shape index (κ3) is 5.67. The molecule has 0 saturated heterocycles. The largest absolute Gasteiger partial charge is 0.417 e. The van der Waals surface area contributed by atoms with Crippen LogP contribution in [-0.4, -0.2) is 9.13 Å². The molecule has 7 heteroatoms. The van der Waals surface area contributed by atoms with Gasteiger partial charge in [-0.15, -0.1) is 0 Å². The van der Waals surface area contributed by atoms with Crippen molar-refractivity contribution < 1.29 is 13.2 Å². The molecule has 60 heavy (non-hydrogen) atoms. The molecule has 10 rings (SSSR count). The highest BCUT2D eigenvalue weighted by atomic mass is 19.4. The quantitative estimate of drug-likeness (QED) is 0.175. The summed E-state index contributed by atoms with van der Waals surface area (Å²) < 4.78 is 49.0. The Balaban J connectivity index is 1.35. The number of para-hydroxylation sites is 2. The molecule has 0 spiro atoms. The van der Waals surface area contributed by atoms with Crippen molar-refractivity contribution in [3.8, 4) is 56.9 Å². The van der Waals surface area contributed by atoms with Crippen LogP contribution in [0.15, 0.2) is 164 Å². The van der Waals surface area contributed by atoms with Gasteiger partial charge in [0.25, 0.3) is 0 Å². The molecule has 8 aromatic carbocycles. The van der Waals surface area contributed by atoms with Crippen molar-refractivity contribution in [2.24, 2.45) is 0 Å². The van der Waals surface area contributed by atoms with Crippen molar-refractivity contribution in [1.82, 2.24) is 9.13 Å². The highest BCUT2D eigenvalue weighted by Crippen LogP contribution is 2.45. The molecular weight excluding hydrogens is 750 g/mol. The first-order chi connectivity index (χ1) is 29.2. The summed E-state index contributed by atoms with van der Waals surface area (Å²) in [6.07, 6.45) is -4.77. The summed E-state index contributed by atoms with van der Waals surface area (Å²) in [5, 5.41) is 25.4. The number of fused-ring (bicyclic) bond motifs is 6. The Morgan fingerprint density at radius 1 is 0.450 bits per heavy atom. The molecule has 2 aromatic heterocycles. The molecule has 286 valence electrons. The average molecular weight is 783 g/mol. The average Bonchev–Trinajstić information content (AvgIpc) is 3.77. The summed E-state index contributed by atoms with van der Waals surface area (Å²) in [5.74, 6) is 0. The van der Waals surface area contributed by atoms with Gasteiger partial charge in [0.1, 0.15) is 11.6 Å². The van der Waals surface area contributed by atoms with Crippen molar-refractivity contribution in [2.45, 2.75) is 20.0 Å². The van der Waals surface area contributed by atoms with Crippen molar-refractivity contribution in [1.29, 1.82) is 10.5 Å². The molecule has 0 aliphatic rings. The van der Waals surface area contributed by atoms with E-state index in [4.69, 9.17) is 0 Å². The van der Waals surface area contributed by atoms with Crippen LogP contribution in [0.1, 0.15) is 27.8 Å². The Morgan fingerprint density at radius 2 is 0.917 bits per heavy atom. The molecule has 0 amide bonds. The van der Waals surface area contributed by atoms with E-state index in [2.05, 4.69) is 56.3 Å². The van der Waals surface area contributed by atoms with Gasteiger partial charge in [-0.3, -0.25) is 0 Å². The van der Waals surface area contributed by atoms with E-state index >= 15 is 13.2 Å². The fourth-order valence-electron chi connectivity index (χ4n) is 9.01. The number of hydrogen-bond acceptors (Lipinski definition) is 2. The number of nitriles is 2. The number of aryl methyl sites for hydroxylation is 2. The molecule has 0 bridgehead atoms. The third-order valence-electron chi connectivity index (χ3n) is 11.7. The lowest BCUT2D eigenvalue weighted by Crippen LogP contribution is -2.10. The van der Waals surface area contributed by atoms with Gasteiger partial charge in [-0.05, 0) is 113 Å². The molecular formula is C53H33F3N4. The van der Waals surface area contributed by atoms with E-state index in [0.29, 0.717) is 11.4 Å². The van der Waals surface area contributed by atoms with Crippen LogP contribution < -0.4 is 0 Å². The maximum Gasteiger partial charge on any atom is 0.417 e. The number of rotatable bonds is 5. The highest BCUT2D eigenvalue weighted by Gasteiger charge is 2.35. The van der Waals surface area contributed by atoms with Crippen LogP contribution in [0.25, 0.3) is 88.4 Å². The first-order valence-corrected chi connectivity index (χ1v) is 19.5. The van der Waals surface area contributed by atoms with Crippen LogP contribution in [0.4, 0.5) is 13.2 Å². The Kier molecular flexibility index (Phi) is 8.45. The molecule has 0 N–H and O–H groups in total. The van der Waals surface area contributed by atoms with Crippen LogP contribution in [0.3, 0.4) is 0 Å². The minimum absolute atomic E-state index is 0.123. The number of nitrogens with zero attached hydrogens (tertiary/aromatic N) is 4. The smallest absolute Gasteiger partial charge is 0.308 e. The van der Waals surface area contributed by atoms with E-state index in [0.717, 1.165) is 83.1 Å². The molecule has 0 unspecified atom stereocenters. The molecule has 0 saturated carbocycles. The maximum absolute atomic E-state index is 15.0. The monoisotopic (exact) mass is 782 g/mol. The Hall–Kier alpha value is -7.87. The second-order valence-electron chi connectivity index (χ2n) is 15.1.